The molecule has 0 N–H and O–H groups in total. The van der Waals surface area contributed by atoms with Crippen molar-refractivity contribution in [1.29, 1.82) is 0 Å². The molecule has 0 atom stereocenters. The summed E-state index contributed by atoms with van der Waals surface area (Å²) in [6.07, 6.45) is 0.389. The van der Waals surface area contributed by atoms with Crippen LogP contribution in [-0.4, -0.2) is 54.9 Å². The number of amides is 1. The number of benzene rings is 2. The SMILES string of the molecule is COCCN(CCc1nc(-c2ccc(F)cc2)no1)C(=O)c1ccc(OC)cc1. The zero-order chi connectivity index (χ0) is 20.6. The molecule has 152 valence electrons. The maximum atomic E-state index is 13.1. The van der Waals surface area contributed by atoms with Gasteiger partial charge in [-0.2, -0.15) is 4.98 Å². The molecule has 1 aromatic heterocycles. The van der Waals surface area contributed by atoms with Crippen molar-refractivity contribution in [3.63, 3.8) is 0 Å². The second-order valence-corrected chi connectivity index (χ2v) is 6.28. The number of hydrogen-bond donors (Lipinski definition) is 0. The van der Waals surface area contributed by atoms with E-state index in [1.54, 1.807) is 55.5 Å². The highest BCUT2D eigenvalue weighted by molar-refractivity contribution is 5.94. The molecular formula is C21H22FN3O4. The fourth-order valence-corrected chi connectivity index (χ4v) is 2.74. The Bertz CT molecular complexity index is 926. The van der Waals surface area contributed by atoms with E-state index in [2.05, 4.69) is 10.1 Å². The third-order valence-corrected chi connectivity index (χ3v) is 4.36. The van der Waals surface area contributed by atoms with E-state index in [4.69, 9.17) is 14.0 Å². The van der Waals surface area contributed by atoms with Crippen LogP contribution in [0.2, 0.25) is 0 Å². The van der Waals surface area contributed by atoms with E-state index in [1.165, 1.54) is 12.1 Å². The van der Waals surface area contributed by atoms with Gasteiger partial charge in [-0.1, -0.05) is 5.16 Å². The van der Waals surface area contributed by atoms with Crippen molar-refractivity contribution in [3.8, 4) is 17.1 Å². The minimum absolute atomic E-state index is 0.122. The van der Waals surface area contributed by atoms with Crippen LogP contribution in [0.3, 0.4) is 0 Å². The quantitative estimate of drug-likeness (QED) is 0.550. The smallest absolute Gasteiger partial charge is 0.253 e. The molecule has 0 aliphatic rings. The number of halogens is 1. The molecule has 0 fully saturated rings. The van der Waals surface area contributed by atoms with Crippen molar-refractivity contribution in [2.45, 2.75) is 6.42 Å². The molecular weight excluding hydrogens is 377 g/mol. The van der Waals surface area contributed by atoms with Gasteiger partial charge in [0.2, 0.25) is 11.7 Å². The lowest BCUT2D eigenvalue weighted by Crippen LogP contribution is -2.35. The number of hydrogen-bond acceptors (Lipinski definition) is 6. The highest BCUT2D eigenvalue weighted by Gasteiger charge is 2.17. The third-order valence-electron chi connectivity index (χ3n) is 4.36. The molecule has 0 saturated carbocycles. The van der Waals surface area contributed by atoms with Gasteiger partial charge in [0.1, 0.15) is 11.6 Å². The molecule has 0 bridgehead atoms. The minimum Gasteiger partial charge on any atom is -0.497 e. The van der Waals surface area contributed by atoms with E-state index in [0.29, 0.717) is 54.7 Å². The Labute approximate surface area is 168 Å². The molecule has 3 rings (SSSR count). The first-order valence-corrected chi connectivity index (χ1v) is 9.11. The van der Waals surface area contributed by atoms with Crippen molar-refractivity contribution in [3.05, 3.63) is 65.8 Å². The molecule has 0 radical (unpaired) electrons. The Kier molecular flexibility index (Phi) is 6.91. The van der Waals surface area contributed by atoms with E-state index in [0.717, 1.165) is 0 Å². The van der Waals surface area contributed by atoms with Crippen LogP contribution in [0, 0.1) is 5.82 Å². The Morgan fingerprint density at radius 2 is 1.79 bits per heavy atom. The molecule has 2 aromatic carbocycles. The van der Waals surface area contributed by atoms with Crippen molar-refractivity contribution in [2.24, 2.45) is 0 Å². The standard InChI is InChI=1S/C21H22FN3O4/c1-27-14-13-25(21(26)16-5-9-18(28-2)10-6-16)12-11-19-23-20(24-29-19)15-3-7-17(22)8-4-15/h3-10H,11-14H2,1-2H3. The lowest BCUT2D eigenvalue weighted by Gasteiger charge is -2.22. The van der Waals surface area contributed by atoms with Gasteiger partial charge in [-0.05, 0) is 48.5 Å². The normalized spacial score (nSPS) is 10.7. The lowest BCUT2D eigenvalue weighted by atomic mass is 10.2. The summed E-state index contributed by atoms with van der Waals surface area (Å²) in [6.45, 7) is 1.23. The highest BCUT2D eigenvalue weighted by atomic mass is 19.1. The number of ether oxygens (including phenoxy) is 2. The summed E-state index contributed by atoms with van der Waals surface area (Å²) < 4.78 is 28.6. The molecule has 0 spiro atoms. The first-order chi connectivity index (χ1) is 14.1. The van der Waals surface area contributed by atoms with E-state index >= 15 is 0 Å². The summed E-state index contributed by atoms with van der Waals surface area (Å²) >= 11 is 0. The second-order valence-electron chi connectivity index (χ2n) is 6.28. The van der Waals surface area contributed by atoms with Gasteiger partial charge in [0.25, 0.3) is 5.91 Å². The van der Waals surface area contributed by atoms with Gasteiger partial charge in [0.15, 0.2) is 0 Å². The zero-order valence-corrected chi connectivity index (χ0v) is 16.3. The number of carbonyl (C=O) groups is 1. The molecule has 0 aliphatic carbocycles. The molecule has 1 amide bonds. The molecule has 0 unspecified atom stereocenters. The van der Waals surface area contributed by atoms with Gasteiger partial charge in [-0.15, -0.1) is 0 Å². The van der Waals surface area contributed by atoms with Crippen LogP contribution in [0.5, 0.6) is 5.75 Å². The van der Waals surface area contributed by atoms with Crippen LogP contribution in [0.1, 0.15) is 16.2 Å². The summed E-state index contributed by atoms with van der Waals surface area (Å²) in [6, 6.07) is 12.8. The Morgan fingerprint density at radius 3 is 2.45 bits per heavy atom. The van der Waals surface area contributed by atoms with Gasteiger partial charge in [0.05, 0.1) is 13.7 Å². The zero-order valence-electron chi connectivity index (χ0n) is 16.3. The topological polar surface area (TPSA) is 77.7 Å². The van der Waals surface area contributed by atoms with Crippen molar-refractivity contribution >= 4 is 5.91 Å². The maximum Gasteiger partial charge on any atom is 0.253 e. The summed E-state index contributed by atoms with van der Waals surface area (Å²) in [5.74, 6) is 1.01. The number of rotatable bonds is 9. The number of aromatic nitrogens is 2. The molecule has 29 heavy (non-hydrogen) atoms. The van der Waals surface area contributed by atoms with Gasteiger partial charge >= 0.3 is 0 Å². The first-order valence-electron chi connectivity index (χ1n) is 9.11. The minimum atomic E-state index is -0.330. The summed E-state index contributed by atoms with van der Waals surface area (Å²) in [4.78, 5) is 18.9. The van der Waals surface area contributed by atoms with Crippen LogP contribution in [0.25, 0.3) is 11.4 Å². The predicted molar refractivity (Wildman–Crippen MR) is 104 cm³/mol. The molecule has 0 saturated heterocycles. The number of carbonyl (C=O) groups excluding carboxylic acids is 1. The van der Waals surface area contributed by atoms with Gasteiger partial charge in [0, 0.05) is 37.7 Å². The maximum absolute atomic E-state index is 13.1. The van der Waals surface area contributed by atoms with Gasteiger partial charge in [-0.25, -0.2) is 4.39 Å². The first kappa shape index (κ1) is 20.5. The van der Waals surface area contributed by atoms with Crippen LogP contribution < -0.4 is 4.74 Å². The van der Waals surface area contributed by atoms with Crippen LogP contribution in [0.4, 0.5) is 4.39 Å². The predicted octanol–water partition coefficient (Wildman–Crippen LogP) is 3.22. The number of methoxy groups -OCH3 is 2. The number of nitrogens with zero attached hydrogens (tertiary/aromatic N) is 3. The largest absolute Gasteiger partial charge is 0.497 e. The van der Waals surface area contributed by atoms with Crippen molar-refractivity contribution < 1.29 is 23.2 Å². The molecule has 0 aliphatic heterocycles. The lowest BCUT2D eigenvalue weighted by molar-refractivity contribution is 0.0694. The van der Waals surface area contributed by atoms with Crippen molar-refractivity contribution in [2.75, 3.05) is 33.9 Å². The van der Waals surface area contributed by atoms with Crippen LogP contribution >= 0.6 is 0 Å². The second kappa shape index (κ2) is 9.79. The van der Waals surface area contributed by atoms with Crippen LogP contribution in [0.15, 0.2) is 53.1 Å². The molecule has 3 aromatic rings. The molecule has 8 heteroatoms. The monoisotopic (exact) mass is 399 g/mol. The average Bonchev–Trinajstić information content (AvgIpc) is 3.23. The molecule has 7 nitrogen and oxygen atoms in total. The van der Waals surface area contributed by atoms with Gasteiger partial charge < -0.3 is 18.9 Å². The molecule has 1 heterocycles. The van der Waals surface area contributed by atoms with E-state index in [1.807, 2.05) is 0 Å². The Hall–Kier alpha value is -3.26. The Morgan fingerprint density at radius 1 is 1.07 bits per heavy atom. The third kappa shape index (κ3) is 5.39. The summed E-state index contributed by atoms with van der Waals surface area (Å²) in [5.41, 5.74) is 1.21. The summed E-state index contributed by atoms with van der Waals surface area (Å²) in [7, 11) is 3.16. The van der Waals surface area contributed by atoms with Crippen LogP contribution in [-0.2, 0) is 11.2 Å². The average molecular weight is 399 g/mol. The fraction of sp³-hybridized carbons (Fsp3) is 0.286. The summed E-state index contributed by atoms with van der Waals surface area (Å²) in [5, 5.41) is 3.93. The van der Waals surface area contributed by atoms with E-state index in [9.17, 15) is 9.18 Å². The van der Waals surface area contributed by atoms with Gasteiger partial charge in [-0.3, -0.25) is 4.79 Å². The van der Waals surface area contributed by atoms with E-state index in [-0.39, 0.29) is 11.7 Å². The fourth-order valence-electron chi connectivity index (χ4n) is 2.74. The van der Waals surface area contributed by atoms with E-state index < -0.39 is 0 Å². The van der Waals surface area contributed by atoms with Crippen molar-refractivity contribution in [1.82, 2.24) is 15.0 Å². The Balaban J connectivity index is 1.67. The highest BCUT2D eigenvalue weighted by Crippen LogP contribution is 2.17.